The van der Waals surface area contributed by atoms with Gasteiger partial charge in [-0.3, -0.25) is 9.89 Å². The van der Waals surface area contributed by atoms with Gasteiger partial charge in [-0.25, -0.2) is 4.39 Å². The van der Waals surface area contributed by atoms with Gasteiger partial charge in [0.2, 0.25) is 0 Å². The molecule has 0 aliphatic carbocycles. The summed E-state index contributed by atoms with van der Waals surface area (Å²) in [5.74, 6) is -0.367. The van der Waals surface area contributed by atoms with Crippen molar-refractivity contribution in [1.29, 1.82) is 0 Å². The number of aromatic nitrogens is 2. The quantitative estimate of drug-likeness (QED) is 0.737. The molecule has 1 heterocycles. The van der Waals surface area contributed by atoms with Gasteiger partial charge in [-0.1, -0.05) is 32.0 Å². The molecule has 1 amide bonds. The van der Waals surface area contributed by atoms with Gasteiger partial charge in [0.25, 0.3) is 5.91 Å². The van der Waals surface area contributed by atoms with E-state index in [-0.39, 0.29) is 17.6 Å². The van der Waals surface area contributed by atoms with Crippen LogP contribution in [0.25, 0.3) is 11.3 Å². The summed E-state index contributed by atoms with van der Waals surface area (Å²) in [6.45, 7) is 4.03. The van der Waals surface area contributed by atoms with E-state index in [9.17, 15) is 9.18 Å². The molecule has 1 aromatic heterocycles. The van der Waals surface area contributed by atoms with E-state index in [4.69, 9.17) is 0 Å². The Kier molecular flexibility index (Phi) is 4.42. The number of hydrogen-bond donors (Lipinski definition) is 2. The van der Waals surface area contributed by atoms with Gasteiger partial charge in [0.05, 0.1) is 11.4 Å². The van der Waals surface area contributed by atoms with Crippen LogP contribution in [0.3, 0.4) is 0 Å². The van der Waals surface area contributed by atoms with Crippen molar-refractivity contribution >= 4 is 11.6 Å². The molecule has 0 unspecified atom stereocenters. The van der Waals surface area contributed by atoms with Crippen molar-refractivity contribution in [2.75, 3.05) is 5.32 Å². The molecule has 3 aromatic rings. The van der Waals surface area contributed by atoms with Gasteiger partial charge in [0.15, 0.2) is 0 Å². The summed E-state index contributed by atoms with van der Waals surface area (Å²) in [6.07, 6.45) is 0. The zero-order valence-corrected chi connectivity index (χ0v) is 13.5. The number of halogens is 1. The van der Waals surface area contributed by atoms with Gasteiger partial charge in [-0.05, 0) is 42.3 Å². The summed E-state index contributed by atoms with van der Waals surface area (Å²) in [5.41, 5.74) is 3.37. The van der Waals surface area contributed by atoms with Crippen LogP contribution < -0.4 is 5.32 Å². The van der Waals surface area contributed by atoms with E-state index in [0.29, 0.717) is 16.9 Å². The molecule has 3 rings (SSSR count). The van der Waals surface area contributed by atoms with Crippen molar-refractivity contribution in [2.24, 2.45) is 0 Å². The minimum Gasteiger partial charge on any atom is -0.319 e. The Hall–Kier alpha value is -2.95. The summed E-state index contributed by atoms with van der Waals surface area (Å²) in [6, 6.07) is 15.0. The van der Waals surface area contributed by atoms with Crippen molar-refractivity contribution in [3.63, 3.8) is 0 Å². The highest BCUT2D eigenvalue weighted by atomic mass is 19.1. The van der Waals surface area contributed by atoms with Crippen molar-refractivity contribution in [3.8, 4) is 11.3 Å². The van der Waals surface area contributed by atoms with Crippen molar-refractivity contribution < 1.29 is 9.18 Å². The van der Waals surface area contributed by atoms with E-state index in [1.807, 2.05) is 32.0 Å². The van der Waals surface area contributed by atoms with Crippen LogP contribution in [0.4, 0.5) is 10.1 Å². The lowest BCUT2D eigenvalue weighted by Crippen LogP contribution is -2.13. The molecule has 0 fully saturated rings. The number of amides is 1. The first-order valence-electron chi connectivity index (χ1n) is 7.77. The molecular formula is C19H18FN3O. The lowest BCUT2D eigenvalue weighted by Gasteiger charge is -2.10. The minimum atomic E-state index is -0.312. The molecule has 0 aliphatic rings. The molecule has 0 radical (unpaired) electrons. The molecule has 0 atom stereocenters. The zero-order chi connectivity index (χ0) is 17.1. The Morgan fingerprint density at radius 3 is 2.38 bits per heavy atom. The molecule has 2 N–H and O–H groups in total. The summed E-state index contributed by atoms with van der Waals surface area (Å²) in [5, 5.41) is 10.3. The van der Waals surface area contributed by atoms with E-state index in [2.05, 4.69) is 15.5 Å². The van der Waals surface area contributed by atoms with Gasteiger partial charge in [0, 0.05) is 11.1 Å². The van der Waals surface area contributed by atoms with Crippen LogP contribution in [-0.4, -0.2) is 16.1 Å². The first-order chi connectivity index (χ1) is 11.6. The number of rotatable bonds is 4. The second kappa shape index (κ2) is 6.66. The molecule has 0 spiro atoms. The number of nitrogens with one attached hydrogen (secondary N) is 2. The van der Waals surface area contributed by atoms with Crippen molar-refractivity contribution in [2.45, 2.75) is 19.8 Å². The van der Waals surface area contributed by atoms with Crippen molar-refractivity contribution in [3.05, 3.63) is 71.7 Å². The van der Waals surface area contributed by atoms with Gasteiger partial charge in [0.1, 0.15) is 11.5 Å². The summed E-state index contributed by atoms with van der Waals surface area (Å²) in [4.78, 5) is 12.5. The van der Waals surface area contributed by atoms with Crippen LogP contribution in [0.1, 0.15) is 35.8 Å². The number of benzene rings is 2. The highest BCUT2D eigenvalue weighted by Crippen LogP contribution is 2.33. The average Bonchev–Trinajstić information content (AvgIpc) is 3.00. The molecule has 4 nitrogen and oxygen atoms in total. The molecule has 5 heteroatoms. The predicted octanol–water partition coefficient (Wildman–Crippen LogP) is 4.59. The minimum absolute atomic E-state index is 0.151. The first kappa shape index (κ1) is 15.9. The Morgan fingerprint density at radius 2 is 1.75 bits per heavy atom. The summed E-state index contributed by atoms with van der Waals surface area (Å²) >= 11 is 0. The molecule has 24 heavy (non-hydrogen) atoms. The number of nitrogens with zero attached hydrogens (tertiary/aromatic N) is 1. The second-order valence-corrected chi connectivity index (χ2v) is 5.84. The Balaban J connectivity index is 2.00. The molecule has 0 bridgehead atoms. The van der Waals surface area contributed by atoms with Gasteiger partial charge in [-0.2, -0.15) is 5.10 Å². The van der Waals surface area contributed by atoms with E-state index < -0.39 is 0 Å². The zero-order valence-electron chi connectivity index (χ0n) is 13.5. The van der Waals surface area contributed by atoms with Crippen molar-refractivity contribution in [1.82, 2.24) is 10.2 Å². The molecule has 0 saturated carbocycles. The van der Waals surface area contributed by atoms with Gasteiger partial charge >= 0.3 is 0 Å². The molecule has 2 aromatic carbocycles. The molecule has 0 saturated heterocycles. The number of carbonyl (C=O) groups excluding carboxylic acids is 1. The number of hydrogen-bond acceptors (Lipinski definition) is 2. The van der Waals surface area contributed by atoms with Crippen LogP contribution >= 0.6 is 0 Å². The van der Waals surface area contributed by atoms with E-state index in [0.717, 1.165) is 11.3 Å². The Bertz CT molecular complexity index is 839. The summed E-state index contributed by atoms with van der Waals surface area (Å²) in [7, 11) is 0. The summed E-state index contributed by atoms with van der Waals surface area (Å²) < 4.78 is 13.2. The predicted molar refractivity (Wildman–Crippen MR) is 92.5 cm³/mol. The number of anilines is 1. The highest BCUT2D eigenvalue weighted by Gasteiger charge is 2.19. The maximum absolute atomic E-state index is 13.2. The monoisotopic (exact) mass is 323 g/mol. The Morgan fingerprint density at radius 1 is 1.08 bits per heavy atom. The third-order valence-electron chi connectivity index (χ3n) is 3.76. The van der Waals surface area contributed by atoms with Crippen LogP contribution in [0.15, 0.2) is 54.6 Å². The van der Waals surface area contributed by atoms with Crippen LogP contribution in [0.5, 0.6) is 0 Å². The second-order valence-electron chi connectivity index (χ2n) is 5.84. The van der Waals surface area contributed by atoms with E-state index in [1.165, 1.54) is 12.1 Å². The first-order valence-corrected chi connectivity index (χ1v) is 7.77. The fourth-order valence-corrected chi connectivity index (χ4v) is 2.49. The number of H-pyrrole nitrogens is 1. The SMILES string of the molecule is CC(C)c1[nH]nc(-c2ccc(F)cc2)c1NC(=O)c1ccccc1. The van der Waals surface area contributed by atoms with E-state index >= 15 is 0 Å². The van der Waals surface area contributed by atoms with Gasteiger partial charge in [-0.15, -0.1) is 0 Å². The fraction of sp³-hybridized carbons (Fsp3) is 0.158. The fourth-order valence-electron chi connectivity index (χ4n) is 2.49. The van der Waals surface area contributed by atoms with Crippen LogP contribution in [-0.2, 0) is 0 Å². The smallest absolute Gasteiger partial charge is 0.255 e. The lowest BCUT2D eigenvalue weighted by molar-refractivity contribution is 0.102. The number of carbonyl (C=O) groups is 1. The molecular weight excluding hydrogens is 305 g/mol. The van der Waals surface area contributed by atoms with Gasteiger partial charge < -0.3 is 5.32 Å². The maximum Gasteiger partial charge on any atom is 0.255 e. The van der Waals surface area contributed by atoms with Crippen LogP contribution in [0, 0.1) is 5.82 Å². The molecule has 122 valence electrons. The normalized spacial score (nSPS) is 10.8. The molecule has 0 aliphatic heterocycles. The third kappa shape index (κ3) is 3.20. The topological polar surface area (TPSA) is 57.8 Å². The largest absolute Gasteiger partial charge is 0.319 e. The lowest BCUT2D eigenvalue weighted by atomic mass is 10.0. The van der Waals surface area contributed by atoms with E-state index in [1.54, 1.807) is 24.3 Å². The maximum atomic E-state index is 13.2. The average molecular weight is 323 g/mol. The number of aromatic amines is 1. The Labute approximate surface area is 139 Å². The highest BCUT2D eigenvalue weighted by molar-refractivity contribution is 6.06. The third-order valence-corrected chi connectivity index (χ3v) is 3.76. The van der Waals surface area contributed by atoms with Crippen LogP contribution in [0.2, 0.25) is 0 Å². The standard InChI is InChI=1S/C19H18FN3O/c1-12(2)16-18(21-19(24)14-6-4-3-5-7-14)17(23-22-16)13-8-10-15(20)11-9-13/h3-12H,1-2H3,(H,21,24)(H,22,23).